The normalized spacial score (nSPS) is 21.3. The number of nitrogens with one attached hydrogen (secondary N) is 1. The van der Waals surface area contributed by atoms with Gasteiger partial charge >= 0.3 is 0 Å². The first-order valence-electron chi connectivity index (χ1n) is 9.80. The molecule has 5 nitrogen and oxygen atoms in total. The average molecular weight is 392 g/mol. The lowest BCUT2D eigenvalue weighted by molar-refractivity contribution is 0.193. The molecule has 1 N–H and O–H groups in total. The van der Waals surface area contributed by atoms with Crippen LogP contribution in [-0.4, -0.2) is 52.3 Å². The largest absolute Gasteiger partial charge is 0.367 e. The lowest BCUT2D eigenvalue weighted by Gasteiger charge is -2.42. The summed E-state index contributed by atoms with van der Waals surface area (Å²) in [4.78, 5) is 14.2. The third-order valence-corrected chi connectivity index (χ3v) is 6.36. The molecule has 0 radical (unpaired) electrons. The Hall–Kier alpha value is -2.44. The monoisotopic (exact) mass is 391 g/mol. The molecule has 144 valence electrons. The van der Waals surface area contributed by atoms with Crippen LogP contribution in [0.2, 0.25) is 0 Å². The Bertz CT molecular complexity index is 1060. The molecule has 0 bridgehead atoms. The molecule has 4 heterocycles. The van der Waals surface area contributed by atoms with E-state index in [0.29, 0.717) is 0 Å². The fourth-order valence-electron chi connectivity index (χ4n) is 4.06. The number of hydrogen-bond acceptors (Lipinski definition) is 6. The van der Waals surface area contributed by atoms with Gasteiger partial charge in [0.05, 0.1) is 26.6 Å². The van der Waals surface area contributed by atoms with E-state index in [1.54, 1.807) is 11.3 Å². The molecule has 0 atom stereocenters. The Kier molecular flexibility index (Phi) is 4.14. The predicted molar refractivity (Wildman–Crippen MR) is 117 cm³/mol. The molecule has 0 spiro atoms. The van der Waals surface area contributed by atoms with Crippen molar-refractivity contribution in [2.45, 2.75) is 26.3 Å². The molecule has 3 aliphatic rings. The summed E-state index contributed by atoms with van der Waals surface area (Å²) < 4.78 is 1.22. The van der Waals surface area contributed by atoms with Crippen molar-refractivity contribution in [3.63, 3.8) is 0 Å². The summed E-state index contributed by atoms with van der Waals surface area (Å²) in [6.45, 7) is 10.5. The maximum atomic E-state index is 4.92. The molecule has 3 aliphatic heterocycles. The second-order valence-corrected chi connectivity index (χ2v) is 9.48. The maximum Gasteiger partial charge on any atom is 0.133 e. The highest BCUT2D eigenvalue weighted by Gasteiger charge is 2.28. The van der Waals surface area contributed by atoms with E-state index >= 15 is 0 Å². The molecular weight excluding hydrogens is 366 g/mol. The van der Waals surface area contributed by atoms with Gasteiger partial charge in [0.2, 0.25) is 0 Å². The summed E-state index contributed by atoms with van der Waals surface area (Å²) in [6.07, 6.45) is 8.80. The minimum absolute atomic E-state index is 0.143. The van der Waals surface area contributed by atoms with Crippen LogP contribution < -0.4 is 5.32 Å². The van der Waals surface area contributed by atoms with E-state index in [4.69, 9.17) is 4.99 Å². The molecule has 0 aliphatic carbocycles. The van der Waals surface area contributed by atoms with Crippen molar-refractivity contribution >= 4 is 33.1 Å². The molecule has 2 aromatic rings. The maximum absolute atomic E-state index is 4.92. The topological polar surface area (TPSA) is 43.8 Å². The highest BCUT2D eigenvalue weighted by atomic mass is 32.1. The number of aryl methyl sites for hydroxylation is 1. The lowest BCUT2D eigenvalue weighted by atomic mass is 10.0. The summed E-state index contributed by atoms with van der Waals surface area (Å²) in [5.41, 5.74) is 4.69. The van der Waals surface area contributed by atoms with Gasteiger partial charge in [-0.3, -0.25) is 0 Å². The van der Waals surface area contributed by atoms with E-state index in [9.17, 15) is 0 Å². The van der Waals surface area contributed by atoms with Gasteiger partial charge in [-0.2, -0.15) is 0 Å². The minimum atomic E-state index is 0.143. The molecular formula is C22H25N5S. The average Bonchev–Trinajstić information content (AvgIpc) is 3.05. The number of fused-ring (bicyclic) bond motifs is 2. The van der Waals surface area contributed by atoms with Gasteiger partial charge in [-0.25, -0.2) is 9.98 Å². The number of aliphatic imine (C=N–C) groups is 1. The Labute approximate surface area is 169 Å². The van der Waals surface area contributed by atoms with E-state index in [1.165, 1.54) is 10.4 Å². The zero-order valence-electron chi connectivity index (χ0n) is 16.6. The Morgan fingerprint density at radius 3 is 2.96 bits per heavy atom. The van der Waals surface area contributed by atoms with Gasteiger partial charge in [0.15, 0.2) is 0 Å². The van der Waals surface area contributed by atoms with E-state index in [-0.39, 0.29) is 5.54 Å². The lowest BCUT2D eigenvalue weighted by Crippen LogP contribution is -2.56. The molecule has 6 heteroatoms. The van der Waals surface area contributed by atoms with E-state index < -0.39 is 0 Å². The zero-order valence-corrected chi connectivity index (χ0v) is 17.4. The van der Waals surface area contributed by atoms with Crippen molar-refractivity contribution in [1.29, 1.82) is 0 Å². The quantitative estimate of drug-likeness (QED) is 0.847. The van der Waals surface area contributed by atoms with Crippen LogP contribution in [0.5, 0.6) is 0 Å². The van der Waals surface area contributed by atoms with Gasteiger partial charge in [0.1, 0.15) is 5.84 Å². The Balaban J connectivity index is 1.38. The number of hydrogen-bond donors (Lipinski definition) is 1. The molecule has 28 heavy (non-hydrogen) atoms. The van der Waals surface area contributed by atoms with Crippen LogP contribution in [-0.2, 0) is 0 Å². The number of amidine groups is 1. The summed E-state index contributed by atoms with van der Waals surface area (Å²) in [7, 11) is 0. The van der Waals surface area contributed by atoms with Crippen LogP contribution in [0.3, 0.4) is 0 Å². The molecule has 1 aromatic heterocycles. The van der Waals surface area contributed by atoms with Crippen LogP contribution in [0, 0.1) is 6.92 Å². The van der Waals surface area contributed by atoms with E-state index in [2.05, 4.69) is 83.5 Å². The summed E-state index contributed by atoms with van der Waals surface area (Å²) in [6, 6.07) is 6.44. The van der Waals surface area contributed by atoms with Crippen molar-refractivity contribution < 1.29 is 0 Å². The van der Waals surface area contributed by atoms with Crippen molar-refractivity contribution in [3.8, 4) is 0 Å². The number of aromatic nitrogens is 1. The van der Waals surface area contributed by atoms with Gasteiger partial charge in [-0.15, -0.1) is 11.3 Å². The summed E-state index contributed by atoms with van der Waals surface area (Å²) in [5, 5.41) is 4.68. The van der Waals surface area contributed by atoms with Crippen LogP contribution in [0.1, 0.15) is 24.4 Å². The van der Waals surface area contributed by atoms with Crippen LogP contribution in [0.15, 0.2) is 53.3 Å². The van der Waals surface area contributed by atoms with Gasteiger partial charge in [-0.05, 0) is 51.1 Å². The minimum Gasteiger partial charge on any atom is -0.367 e. The van der Waals surface area contributed by atoms with E-state index in [0.717, 1.165) is 53.8 Å². The van der Waals surface area contributed by atoms with Crippen molar-refractivity contribution in [3.05, 3.63) is 58.9 Å². The first-order chi connectivity index (χ1) is 13.5. The standard InChI is InChI=1S/C22H25N5S/c1-15-24-19-6-4-16(12-20(19)28-15)18-8-10-26-13-17(5-7-21(26)25-18)27-11-9-23-22(2,3)14-27/h4-8,12-13,23H,9-11,14H2,1-3H3. The van der Waals surface area contributed by atoms with Gasteiger partial charge in [0.25, 0.3) is 0 Å². The number of nitrogens with zero attached hydrogens (tertiary/aromatic N) is 4. The van der Waals surface area contributed by atoms with Gasteiger partial charge < -0.3 is 15.1 Å². The SMILES string of the molecule is Cc1nc2ccc(C3=CCN4C=C(N5CCNC(C)(C)C5)C=CC4=N3)cc2s1. The molecule has 0 saturated carbocycles. The smallest absolute Gasteiger partial charge is 0.133 e. The summed E-state index contributed by atoms with van der Waals surface area (Å²) in [5.74, 6) is 1.01. The Morgan fingerprint density at radius 1 is 1.21 bits per heavy atom. The first-order valence-corrected chi connectivity index (χ1v) is 10.6. The van der Waals surface area contributed by atoms with Gasteiger partial charge in [0, 0.05) is 43.5 Å². The van der Waals surface area contributed by atoms with Crippen LogP contribution in [0.25, 0.3) is 15.9 Å². The van der Waals surface area contributed by atoms with Crippen LogP contribution >= 0.6 is 11.3 Å². The molecule has 0 unspecified atom stereocenters. The molecule has 1 fully saturated rings. The fourth-order valence-corrected chi connectivity index (χ4v) is 4.92. The van der Waals surface area contributed by atoms with Crippen molar-refractivity contribution in [2.24, 2.45) is 4.99 Å². The van der Waals surface area contributed by atoms with Crippen LogP contribution in [0.4, 0.5) is 0 Å². The molecule has 1 aromatic carbocycles. The number of rotatable bonds is 2. The molecule has 1 saturated heterocycles. The zero-order chi connectivity index (χ0) is 19.3. The third-order valence-electron chi connectivity index (χ3n) is 5.43. The number of thiazole rings is 1. The summed E-state index contributed by atoms with van der Waals surface area (Å²) >= 11 is 1.74. The first kappa shape index (κ1) is 17.6. The molecule has 0 amide bonds. The fraction of sp³-hybridized carbons (Fsp3) is 0.364. The van der Waals surface area contributed by atoms with E-state index in [1.807, 2.05) is 0 Å². The predicted octanol–water partition coefficient (Wildman–Crippen LogP) is 3.75. The number of allylic oxidation sites excluding steroid dienone is 1. The van der Waals surface area contributed by atoms with Crippen molar-refractivity contribution in [1.82, 2.24) is 20.1 Å². The highest BCUT2D eigenvalue weighted by Crippen LogP contribution is 2.29. The molecule has 5 rings (SSSR count). The number of benzene rings is 1. The highest BCUT2D eigenvalue weighted by molar-refractivity contribution is 7.18. The van der Waals surface area contributed by atoms with Gasteiger partial charge in [-0.1, -0.05) is 6.07 Å². The van der Waals surface area contributed by atoms with Crippen molar-refractivity contribution in [2.75, 3.05) is 26.2 Å². The second kappa shape index (κ2) is 6.57. The second-order valence-electron chi connectivity index (χ2n) is 8.25. The number of piperazine rings is 1. The Morgan fingerprint density at radius 2 is 2.11 bits per heavy atom. The third kappa shape index (κ3) is 3.27.